The summed E-state index contributed by atoms with van der Waals surface area (Å²) in [6.07, 6.45) is 6.18. The molecule has 5 heterocycles. The lowest BCUT2D eigenvalue weighted by Gasteiger charge is -2.42. The number of nitrogens with one attached hydrogen (secondary N) is 1. The minimum absolute atomic E-state index is 0.122. The van der Waals surface area contributed by atoms with Crippen LogP contribution in [0.1, 0.15) is 30.4 Å². The van der Waals surface area contributed by atoms with E-state index in [-0.39, 0.29) is 18.2 Å². The lowest BCUT2D eigenvalue weighted by atomic mass is 9.96. The second-order valence-electron chi connectivity index (χ2n) is 8.38. The normalized spacial score (nSPS) is 22.7. The van der Waals surface area contributed by atoms with E-state index in [0.717, 1.165) is 37.4 Å². The van der Waals surface area contributed by atoms with E-state index in [1.807, 2.05) is 4.52 Å². The Morgan fingerprint density at radius 3 is 2.76 bits per heavy atom. The SMILES string of the molecule is O=C(C1CN(c2c3c(c4nccnn24)CCNCC3)C1)N1CCCCC(F)(F)C1. The second kappa shape index (κ2) is 7.19. The largest absolute Gasteiger partial charge is 0.355 e. The zero-order valence-corrected chi connectivity index (χ0v) is 16.4. The summed E-state index contributed by atoms with van der Waals surface area (Å²) in [6, 6.07) is 0. The first-order chi connectivity index (χ1) is 14.0. The average molecular weight is 404 g/mol. The summed E-state index contributed by atoms with van der Waals surface area (Å²) >= 11 is 0. The van der Waals surface area contributed by atoms with Gasteiger partial charge in [0.2, 0.25) is 5.91 Å². The summed E-state index contributed by atoms with van der Waals surface area (Å²) in [7, 11) is 0. The fraction of sp³-hybridized carbons (Fsp3) is 0.650. The van der Waals surface area contributed by atoms with E-state index in [1.165, 1.54) is 16.0 Å². The van der Waals surface area contributed by atoms with Crippen LogP contribution in [-0.2, 0) is 17.6 Å². The van der Waals surface area contributed by atoms with Crippen molar-refractivity contribution in [3.05, 3.63) is 23.5 Å². The summed E-state index contributed by atoms with van der Waals surface area (Å²) in [6.45, 7) is 2.89. The molecule has 0 spiro atoms. The number of halogens is 2. The Balaban J connectivity index is 1.36. The summed E-state index contributed by atoms with van der Waals surface area (Å²) in [5.74, 6) is -2.13. The van der Waals surface area contributed by atoms with E-state index in [0.29, 0.717) is 32.5 Å². The van der Waals surface area contributed by atoms with Crippen molar-refractivity contribution in [2.45, 2.75) is 38.0 Å². The maximum atomic E-state index is 13.9. The monoisotopic (exact) mass is 404 g/mol. The van der Waals surface area contributed by atoms with Crippen molar-refractivity contribution in [3.8, 4) is 0 Å². The predicted molar refractivity (Wildman–Crippen MR) is 104 cm³/mol. The van der Waals surface area contributed by atoms with Crippen molar-refractivity contribution in [1.82, 2.24) is 24.8 Å². The van der Waals surface area contributed by atoms with Gasteiger partial charge in [0.25, 0.3) is 5.92 Å². The van der Waals surface area contributed by atoms with Crippen LogP contribution < -0.4 is 10.2 Å². The standard InChI is InChI=1S/C20H26F2N6O/c21-20(22)5-1-2-10-26(13-20)19(29)14-11-27(12-14)18-16-4-7-23-6-3-15(16)17-24-8-9-25-28(17)18/h8-9,14,23H,1-7,10-13H2. The number of carbonyl (C=O) groups excluding carboxylic acids is 1. The number of hydrogen-bond acceptors (Lipinski definition) is 5. The minimum Gasteiger partial charge on any atom is -0.355 e. The number of fused-ring (bicyclic) bond motifs is 3. The molecule has 0 radical (unpaired) electrons. The summed E-state index contributed by atoms with van der Waals surface area (Å²) in [4.78, 5) is 20.9. The maximum Gasteiger partial charge on any atom is 0.265 e. The Morgan fingerprint density at radius 2 is 1.93 bits per heavy atom. The van der Waals surface area contributed by atoms with Gasteiger partial charge in [0, 0.05) is 43.4 Å². The van der Waals surface area contributed by atoms with E-state index in [2.05, 4.69) is 20.3 Å². The van der Waals surface area contributed by atoms with E-state index < -0.39 is 12.5 Å². The van der Waals surface area contributed by atoms with Gasteiger partial charge in [-0.15, -0.1) is 0 Å². The molecule has 29 heavy (non-hydrogen) atoms. The molecule has 2 aromatic heterocycles. The molecule has 0 saturated carbocycles. The Hall–Kier alpha value is -2.29. The number of carbonyl (C=O) groups is 1. The number of likely N-dealkylation sites (tertiary alicyclic amines) is 1. The fourth-order valence-corrected chi connectivity index (χ4v) is 4.85. The van der Waals surface area contributed by atoms with Crippen LogP contribution in [0.25, 0.3) is 5.65 Å². The molecule has 9 heteroatoms. The van der Waals surface area contributed by atoms with Crippen molar-refractivity contribution < 1.29 is 13.6 Å². The third kappa shape index (κ3) is 3.35. The van der Waals surface area contributed by atoms with Crippen molar-refractivity contribution in [3.63, 3.8) is 0 Å². The van der Waals surface area contributed by atoms with E-state index in [9.17, 15) is 13.6 Å². The van der Waals surface area contributed by atoms with Gasteiger partial charge in [-0.1, -0.05) is 0 Å². The molecule has 2 fully saturated rings. The van der Waals surface area contributed by atoms with Gasteiger partial charge in [0.1, 0.15) is 5.82 Å². The van der Waals surface area contributed by atoms with Crippen LogP contribution in [0.4, 0.5) is 14.6 Å². The van der Waals surface area contributed by atoms with Crippen molar-refractivity contribution in [2.75, 3.05) is 44.2 Å². The van der Waals surface area contributed by atoms with Gasteiger partial charge in [0.05, 0.1) is 18.7 Å². The Labute approximate surface area is 168 Å². The summed E-state index contributed by atoms with van der Waals surface area (Å²) in [5.41, 5.74) is 3.34. The molecular weight excluding hydrogens is 378 g/mol. The first-order valence-corrected chi connectivity index (χ1v) is 10.5. The lowest BCUT2D eigenvalue weighted by Crippen LogP contribution is -2.56. The molecule has 0 aromatic carbocycles. The van der Waals surface area contributed by atoms with Crippen LogP contribution in [0.5, 0.6) is 0 Å². The number of amides is 1. The van der Waals surface area contributed by atoms with E-state index in [4.69, 9.17) is 0 Å². The third-order valence-corrected chi connectivity index (χ3v) is 6.34. The molecule has 0 atom stereocenters. The predicted octanol–water partition coefficient (Wildman–Crippen LogP) is 1.50. The fourth-order valence-electron chi connectivity index (χ4n) is 4.85. The highest BCUT2D eigenvalue weighted by molar-refractivity contribution is 5.83. The van der Waals surface area contributed by atoms with Gasteiger partial charge in [-0.2, -0.15) is 9.61 Å². The smallest absolute Gasteiger partial charge is 0.265 e. The molecule has 3 aliphatic rings. The number of aromatic nitrogens is 3. The van der Waals surface area contributed by atoms with Crippen LogP contribution in [0.15, 0.2) is 12.4 Å². The van der Waals surface area contributed by atoms with Crippen molar-refractivity contribution in [1.29, 1.82) is 0 Å². The molecule has 5 rings (SSSR count). The highest BCUT2D eigenvalue weighted by Crippen LogP contribution is 2.36. The Kier molecular flexibility index (Phi) is 4.64. The molecule has 2 aromatic rings. The van der Waals surface area contributed by atoms with E-state index in [1.54, 1.807) is 12.4 Å². The maximum absolute atomic E-state index is 13.9. The molecule has 7 nitrogen and oxygen atoms in total. The molecule has 0 bridgehead atoms. The van der Waals surface area contributed by atoms with Gasteiger partial charge in [-0.3, -0.25) is 4.79 Å². The van der Waals surface area contributed by atoms with Crippen molar-refractivity contribution in [2.24, 2.45) is 5.92 Å². The third-order valence-electron chi connectivity index (χ3n) is 6.34. The molecular formula is C20H26F2N6O. The van der Waals surface area contributed by atoms with Crippen LogP contribution >= 0.6 is 0 Å². The highest BCUT2D eigenvalue weighted by Gasteiger charge is 2.42. The van der Waals surface area contributed by atoms with Crippen LogP contribution in [0.2, 0.25) is 0 Å². The molecule has 0 aliphatic carbocycles. The highest BCUT2D eigenvalue weighted by atomic mass is 19.3. The van der Waals surface area contributed by atoms with Gasteiger partial charge in [0.15, 0.2) is 5.65 Å². The Bertz CT molecular complexity index is 923. The average Bonchev–Trinajstić information content (AvgIpc) is 2.85. The van der Waals surface area contributed by atoms with Crippen LogP contribution in [0.3, 0.4) is 0 Å². The zero-order valence-electron chi connectivity index (χ0n) is 16.4. The minimum atomic E-state index is -2.77. The Morgan fingerprint density at radius 1 is 1.14 bits per heavy atom. The van der Waals surface area contributed by atoms with Crippen LogP contribution in [0, 0.1) is 5.92 Å². The van der Waals surface area contributed by atoms with Gasteiger partial charge in [-0.05, 0) is 38.8 Å². The molecule has 2 saturated heterocycles. The first-order valence-electron chi connectivity index (χ1n) is 10.5. The second-order valence-corrected chi connectivity index (χ2v) is 8.38. The van der Waals surface area contributed by atoms with E-state index >= 15 is 0 Å². The number of rotatable bonds is 2. The quantitative estimate of drug-likeness (QED) is 0.822. The van der Waals surface area contributed by atoms with Gasteiger partial charge >= 0.3 is 0 Å². The molecule has 156 valence electrons. The summed E-state index contributed by atoms with van der Waals surface area (Å²) in [5, 5.41) is 7.93. The molecule has 1 N–H and O–H groups in total. The number of anilines is 1. The van der Waals surface area contributed by atoms with Gasteiger partial charge in [-0.25, -0.2) is 13.8 Å². The zero-order chi connectivity index (χ0) is 20.0. The lowest BCUT2D eigenvalue weighted by molar-refractivity contribution is -0.141. The van der Waals surface area contributed by atoms with Crippen molar-refractivity contribution >= 4 is 17.4 Å². The van der Waals surface area contributed by atoms with Crippen LogP contribution in [-0.4, -0.2) is 70.6 Å². The number of hydrogen-bond donors (Lipinski definition) is 1. The number of nitrogens with zero attached hydrogens (tertiary/aromatic N) is 5. The first kappa shape index (κ1) is 18.7. The topological polar surface area (TPSA) is 65.8 Å². The summed E-state index contributed by atoms with van der Waals surface area (Å²) < 4.78 is 29.8. The molecule has 1 amide bonds. The molecule has 3 aliphatic heterocycles. The number of alkyl halides is 2. The van der Waals surface area contributed by atoms with Gasteiger partial charge < -0.3 is 15.1 Å². The molecule has 0 unspecified atom stereocenters.